The summed E-state index contributed by atoms with van der Waals surface area (Å²) in [6.07, 6.45) is 1.36. The van der Waals surface area contributed by atoms with Gasteiger partial charge in [-0.05, 0) is 19.8 Å². The number of carbonyl (C=O) groups is 2. The quantitative estimate of drug-likeness (QED) is 0.528. The van der Waals surface area contributed by atoms with Crippen LogP contribution in [0.15, 0.2) is 0 Å². The lowest BCUT2D eigenvalue weighted by Gasteiger charge is -2.29. The third-order valence-electron chi connectivity index (χ3n) is 3.62. The number of halogens is 2. The van der Waals surface area contributed by atoms with Crippen molar-refractivity contribution in [2.24, 2.45) is 11.8 Å². The van der Waals surface area contributed by atoms with E-state index in [1.165, 1.54) is 16.2 Å². The van der Waals surface area contributed by atoms with Gasteiger partial charge in [0, 0.05) is 9.65 Å². The van der Waals surface area contributed by atoms with E-state index in [-0.39, 0.29) is 33.3 Å². The molecule has 1 aromatic rings. The van der Waals surface area contributed by atoms with Crippen molar-refractivity contribution in [2.75, 3.05) is 4.90 Å². The fourth-order valence-electron chi connectivity index (χ4n) is 2.66. The van der Waals surface area contributed by atoms with E-state index in [1.807, 2.05) is 6.92 Å². The number of carbonyl (C=O) groups excluding carboxylic acids is 2. The molecule has 0 radical (unpaired) electrons. The van der Waals surface area contributed by atoms with Gasteiger partial charge >= 0.3 is 0 Å². The fourth-order valence-corrected chi connectivity index (χ4v) is 4.60. The molecule has 1 aliphatic heterocycles. The summed E-state index contributed by atoms with van der Waals surface area (Å²) in [7, 11) is 0. The van der Waals surface area contributed by atoms with Gasteiger partial charge in [0.05, 0.1) is 11.8 Å². The lowest BCUT2D eigenvalue weighted by Crippen LogP contribution is -2.34. The van der Waals surface area contributed by atoms with Gasteiger partial charge in [-0.1, -0.05) is 43.2 Å². The number of rotatable bonds is 1. The molecular formula is C11H11Br2N3O2S. The van der Waals surface area contributed by atoms with Crippen molar-refractivity contribution < 1.29 is 9.59 Å². The van der Waals surface area contributed by atoms with Crippen LogP contribution in [0.2, 0.25) is 0 Å². The van der Waals surface area contributed by atoms with Gasteiger partial charge in [0.2, 0.25) is 16.9 Å². The first-order valence-corrected chi connectivity index (χ1v) is 8.60. The molecule has 0 spiro atoms. The highest BCUT2D eigenvalue weighted by Gasteiger charge is 2.53. The highest BCUT2D eigenvalue weighted by Crippen LogP contribution is 2.44. The maximum atomic E-state index is 12.4. The molecular weight excluding hydrogens is 398 g/mol. The maximum absolute atomic E-state index is 12.4. The number of alkyl halides is 2. The van der Waals surface area contributed by atoms with Crippen LogP contribution >= 0.6 is 43.2 Å². The zero-order chi connectivity index (χ0) is 13.7. The van der Waals surface area contributed by atoms with Gasteiger partial charge in [-0.3, -0.25) is 9.59 Å². The second kappa shape index (κ2) is 4.89. The molecule has 1 aliphatic carbocycles. The summed E-state index contributed by atoms with van der Waals surface area (Å²) in [5.74, 6) is -0.713. The molecule has 2 fully saturated rings. The normalized spacial score (nSPS) is 34.8. The van der Waals surface area contributed by atoms with Crippen LogP contribution in [0.1, 0.15) is 17.8 Å². The van der Waals surface area contributed by atoms with Crippen LogP contribution in [0.5, 0.6) is 0 Å². The van der Waals surface area contributed by atoms with Crippen molar-refractivity contribution in [3.05, 3.63) is 5.01 Å². The van der Waals surface area contributed by atoms with E-state index in [9.17, 15) is 9.59 Å². The first-order chi connectivity index (χ1) is 8.99. The molecule has 5 nitrogen and oxygen atoms in total. The average molecular weight is 409 g/mol. The summed E-state index contributed by atoms with van der Waals surface area (Å²) in [5, 5.41) is 8.96. The van der Waals surface area contributed by atoms with Crippen LogP contribution in [0.4, 0.5) is 5.13 Å². The minimum absolute atomic E-state index is 0.130. The number of hydrogen-bond donors (Lipinski definition) is 0. The summed E-state index contributed by atoms with van der Waals surface area (Å²) < 4.78 is 0. The van der Waals surface area contributed by atoms with Crippen LogP contribution in [-0.4, -0.2) is 31.7 Å². The summed E-state index contributed by atoms with van der Waals surface area (Å²) in [5.41, 5.74) is 0. The van der Waals surface area contributed by atoms with E-state index in [2.05, 4.69) is 42.1 Å². The Bertz CT molecular complexity index is 522. The highest BCUT2D eigenvalue weighted by molar-refractivity contribution is 9.12. The van der Waals surface area contributed by atoms with E-state index in [0.717, 1.165) is 5.01 Å². The number of nitrogens with zero attached hydrogens (tertiary/aromatic N) is 3. The first kappa shape index (κ1) is 13.6. The molecule has 8 heteroatoms. The molecule has 2 heterocycles. The second-order valence-corrected chi connectivity index (χ2v) is 8.34. The van der Waals surface area contributed by atoms with Gasteiger partial charge in [-0.15, -0.1) is 10.2 Å². The Labute approximate surface area is 131 Å². The minimum Gasteiger partial charge on any atom is -0.274 e. The number of fused-ring (bicyclic) bond motifs is 1. The van der Waals surface area contributed by atoms with E-state index in [4.69, 9.17) is 0 Å². The largest absolute Gasteiger partial charge is 0.274 e. The van der Waals surface area contributed by atoms with Crippen LogP contribution in [0, 0.1) is 18.8 Å². The highest BCUT2D eigenvalue weighted by atomic mass is 79.9. The van der Waals surface area contributed by atoms with Crippen molar-refractivity contribution in [3.8, 4) is 0 Å². The van der Waals surface area contributed by atoms with Crippen molar-refractivity contribution in [1.82, 2.24) is 10.2 Å². The number of anilines is 1. The Kier molecular flexibility index (Phi) is 3.51. The predicted molar refractivity (Wildman–Crippen MR) is 78.8 cm³/mol. The molecule has 2 aliphatic rings. The third-order valence-corrected chi connectivity index (χ3v) is 7.18. The summed E-state index contributed by atoms with van der Waals surface area (Å²) in [6, 6.07) is 0. The molecule has 102 valence electrons. The predicted octanol–water partition coefficient (Wildman–Crippen LogP) is 2.27. The van der Waals surface area contributed by atoms with Gasteiger partial charge in [-0.2, -0.15) is 0 Å². The lowest BCUT2D eigenvalue weighted by molar-refractivity contribution is -0.122. The molecule has 0 bridgehead atoms. The number of imide groups is 1. The van der Waals surface area contributed by atoms with E-state index < -0.39 is 0 Å². The standard InChI is InChI=1S/C11H11Br2N3O2S/c1-4-14-15-11(19-4)16-9(17)5-2-7(12)8(13)3-6(5)10(16)18/h5-8H,2-3H2,1H3/t5-,6+,7+,8-. The molecule has 0 N–H and O–H groups in total. The number of aromatic nitrogens is 2. The maximum Gasteiger partial charge on any atom is 0.239 e. The number of hydrogen-bond acceptors (Lipinski definition) is 5. The Morgan fingerprint density at radius 1 is 1.11 bits per heavy atom. The lowest BCUT2D eigenvalue weighted by atomic mass is 9.81. The van der Waals surface area contributed by atoms with Crippen molar-refractivity contribution in [3.63, 3.8) is 0 Å². The van der Waals surface area contributed by atoms with Crippen molar-refractivity contribution >= 4 is 60.1 Å². The number of amides is 2. The summed E-state index contributed by atoms with van der Waals surface area (Å²) >= 11 is 8.41. The zero-order valence-electron chi connectivity index (χ0n) is 10.0. The van der Waals surface area contributed by atoms with Crippen molar-refractivity contribution in [1.29, 1.82) is 0 Å². The Morgan fingerprint density at radius 2 is 1.63 bits per heavy atom. The second-order valence-electron chi connectivity index (χ2n) is 4.83. The topological polar surface area (TPSA) is 63.2 Å². The van der Waals surface area contributed by atoms with Gasteiger partial charge in [0.1, 0.15) is 5.01 Å². The van der Waals surface area contributed by atoms with Crippen molar-refractivity contribution in [2.45, 2.75) is 29.4 Å². The number of aryl methyl sites for hydroxylation is 1. The first-order valence-electron chi connectivity index (χ1n) is 5.95. The molecule has 0 aromatic carbocycles. The van der Waals surface area contributed by atoms with Crippen LogP contribution in [0.25, 0.3) is 0 Å². The molecule has 3 rings (SSSR count). The van der Waals surface area contributed by atoms with Gasteiger partial charge in [-0.25, -0.2) is 4.90 Å². The molecule has 2 amide bonds. The van der Waals surface area contributed by atoms with Crippen LogP contribution in [-0.2, 0) is 9.59 Å². The molecule has 0 unspecified atom stereocenters. The summed E-state index contributed by atoms with van der Waals surface area (Å²) in [6.45, 7) is 1.81. The van der Waals surface area contributed by atoms with Gasteiger partial charge in [0.15, 0.2) is 0 Å². The van der Waals surface area contributed by atoms with E-state index in [0.29, 0.717) is 18.0 Å². The Balaban J connectivity index is 1.93. The Hall–Kier alpha value is -0.340. The minimum atomic E-state index is -0.227. The van der Waals surface area contributed by atoms with Crippen LogP contribution in [0.3, 0.4) is 0 Å². The molecule has 4 atom stereocenters. The summed E-state index contributed by atoms with van der Waals surface area (Å²) in [4.78, 5) is 26.5. The zero-order valence-corrected chi connectivity index (χ0v) is 14.0. The molecule has 1 aromatic heterocycles. The smallest absolute Gasteiger partial charge is 0.239 e. The average Bonchev–Trinajstić information content (AvgIpc) is 2.86. The molecule has 1 saturated carbocycles. The fraction of sp³-hybridized carbons (Fsp3) is 0.636. The van der Waals surface area contributed by atoms with Gasteiger partial charge < -0.3 is 0 Å². The van der Waals surface area contributed by atoms with Crippen LogP contribution < -0.4 is 4.90 Å². The van der Waals surface area contributed by atoms with E-state index >= 15 is 0 Å². The van der Waals surface area contributed by atoms with E-state index in [1.54, 1.807) is 0 Å². The Morgan fingerprint density at radius 3 is 2.05 bits per heavy atom. The third kappa shape index (κ3) is 2.17. The van der Waals surface area contributed by atoms with Gasteiger partial charge in [0.25, 0.3) is 0 Å². The molecule has 19 heavy (non-hydrogen) atoms. The SMILES string of the molecule is Cc1nnc(N2C(=O)[C@H]3C[C@@H](Br)[C@@H](Br)C[C@H]3C2=O)s1. The molecule has 1 saturated heterocycles. The monoisotopic (exact) mass is 407 g/mol.